The van der Waals surface area contributed by atoms with E-state index >= 15 is 0 Å². The maximum atomic E-state index is 14.1. The standard InChI is InChI=1S/C20H12ClF2N3/c21-13-3-1-4-14(10-13)26-20-16-9-12(7-8-18(16)24-11-25-20)15-5-2-6-17(22)19(15)23/h1-11H,(H,24,25,26). The van der Waals surface area contributed by atoms with Crippen LogP contribution in [0.25, 0.3) is 22.0 Å². The van der Waals surface area contributed by atoms with Crippen molar-refractivity contribution < 1.29 is 8.78 Å². The number of nitrogens with zero attached hydrogens (tertiary/aromatic N) is 2. The van der Waals surface area contributed by atoms with E-state index in [1.807, 2.05) is 12.1 Å². The first-order chi connectivity index (χ1) is 12.6. The van der Waals surface area contributed by atoms with Crippen LogP contribution < -0.4 is 5.32 Å². The second-order valence-corrected chi connectivity index (χ2v) is 6.13. The summed E-state index contributed by atoms with van der Waals surface area (Å²) in [5.74, 6) is -1.21. The Hall–Kier alpha value is -3.05. The maximum absolute atomic E-state index is 14.1. The number of hydrogen-bond donors (Lipinski definition) is 1. The largest absolute Gasteiger partial charge is 0.340 e. The van der Waals surface area contributed by atoms with Crippen LogP contribution in [0.2, 0.25) is 5.02 Å². The lowest BCUT2D eigenvalue weighted by molar-refractivity contribution is 0.511. The summed E-state index contributed by atoms with van der Waals surface area (Å²) in [6.07, 6.45) is 1.44. The van der Waals surface area contributed by atoms with Gasteiger partial charge in [0.25, 0.3) is 0 Å². The van der Waals surface area contributed by atoms with Crippen molar-refractivity contribution in [3.8, 4) is 11.1 Å². The van der Waals surface area contributed by atoms with Crippen molar-refractivity contribution in [3.63, 3.8) is 0 Å². The number of benzene rings is 3. The molecule has 0 aliphatic rings. The van der Waals surface area contributed by atoms with Gasteiger partial charge in [0.15, 0.2) is 11.6 Å². The Labute approximate surface area is 153 Å². The molecule has 6 heteroatoms. The van der Waals surface area contributed by atoms with Gasteiger partial charge in [-0.25, -0.2) is 18.7 Å². The fraction of sp³-hybridized carbons (Fsp3) is 0. The van der Waals surface area contributed by atoms with Crippen LogP contribution in [0.4, 0.5) is 20.3 Å². The monoisotopic (exact) mass is 367 g/mol. The van der Waals surface area contributed by atoms with Crippen molar-refractivity contribution in [1.29, 1.82) is 0 Å². The smallest absolute Gasteiger partial charge is 0.166 e. The van der Waals surface area contributed by atoms with Crippen LogP contribution >= 0.6 is 11.6 Å². The zero-order valence-corrected chi connectivity index (χ0v) is 14.1. The summed E-state index contributed by atoms with van der Waals surface area (Å²) in [6.45, 7) is 0. The second kappa shape index (κ2) is 6.69. The molecule has 0 radical (unpaired) electrons. The average molecular weight is 368 g/mol. The molecule has 0 fully saturated rings. The van der Waals surface area contributed by atoms with E-state index in [0.29, 0.717) is 27.3 Å². The molecule has 0 unspecified atom stereocenters. The van der Waals surface area contributed by atoms with Crippen LogP contribution in [0.1, 0.15) is 0 Å². The highest BCUT2D eigenvalue weighted by Gasteiger charge is 2.12. The molecule has 0 aliphatic heterocycles. The first-order valence-corrected chi connectivity index (χ1v) is 8.21. The summed E-state index contributed by atoms with van der Waals surface area (Å²) in [5, 5.41) is 4.47. The SMILES string of the molecule is Fc1cccc(-c2ccc3ncnc(Nc4cccc(Cl)c4)c3c2)c1F. The third-order valence-corrected chi connectivity index (χ3v) is 4.22. The molecule has 0 aliphatic carbocycles. The number of hydrogen-bond acceptors (Lipinski definition) is 3. The number of fused-ring (bicyclic) bond motifs is 1. The quantitative estimate of drug-likeness (QED) is 0.484. The number of rotatable bonds is 3. The van der Waals surface area contributed by atoms with Crippen LogP contribution in [0.15, 0.2) is 67.0 Å². The Bertz CT molecular complexity index is 1120. The maximum Gasteiger partial charge on any atom is 0.166 e. The molecule has 1 N–H and O–H groups in total. The molecule has 0 saturated carbocycles. The van der Waals surface area contributed by atoms with Gasteiger partial charge >= 0.3 is 0 Å². The van der Waals surface area contributed by atoms with Crippen LogP contribution in [0, 0.1) is 11.6 Å². The van der Waals surface area contributed by atoms with Gasteiger partial charge in [-0.1, -0.05) is 35.9 Å². The lowest BCUT2D eigenvalue weighted by Gasteiger charge is -2.10. The third kappa shape index (κ3) is 3.09. The summed E-state index contributed by atoms with van der Waals surface area (Å²) in [4.78, 5) is 8.50. The predicted molar refractivity (Wildman–Crippen MR) is 99.6 cm³/mol. The van der Waals surface area contributed by atoms with Gasteiger partial charge in [-0.3, -0.25) is 0 Å². The molecular weight excluding hydrogens is 356 g/mol. The van der Waals surface area contributed by atoms with E-state index in [1.165, 1.54) is 18.5 Å². The minimum Gasteiger partial charge on any atom is -0.340 e. The van der Waals surface area contributed by atoms with E-state index in [2.05, 4.69) is 15.3 Å². The minimum atomic E-state index is -0.885. The molecule has 4 rings (SSSR count). The number of anilines is 2. The van der Waals surface area contributed by atoms with Crippen molar-refractivity contribution in [2.45, 2.75) is 0 Å². The topological polar surface area (TPSA) is 37.8 Å². The highest BCUT2D eigenvalue weighted by atomic mass is 35.5. The fourth-order valence-corrected chi connectivity index (χ4v) is 2.94. The van der Waals surface area contributed by atoms with E-state index in [0.717, 1.165) is 11.8 Å². The van der Waals surface area contributed by atoms with Crippen molar-refractivity contribution in [2.75, 3.05) is 5.32 Å². The zero-order valence-electron chi connectivity index (χ0n) is 13.4. The van der Waals surface area contributed by atoms with E-state index < -0.39 is 11.6 Å². The van der Waals surface area contributed by atoms with E-state index in [9.17, 15) is 8.78 Å². The highest BCUT2D eigenvalue weighted by molar-refractivity contribution is 6.30. The van der Waals surface area contributed by atoms with Gasteiger partial charge in [0.1, 0.15) is 12.1 Å². The number of nitrogens with one attached hydrogen (secondary N) is 1. The van der Waals surface area contributed by atoms with Crippen molar-refractivity contribution in [1.82, 2.24) is 9.97 Å². The van der Waals surface area contributed by atoms with E-state index in [4.69, 9.17) is 11.6 Å². The molecule has 0 saturated heterocycles. The summed E-state index contributed by atoms with van der Waals surface area (Å²) < 4.78 is 27.7. The minimum absolute atomic E-state index is 0.185. The predicted octanol–water partition coefficient (Wildman–Crippen LogP) is 5.97. The van der Waals surface area contributed by atoms with Crippen molar-refractivity contribution >= 4 is 34.0 Å². The molecule has 0 bridgehead atoms. The van der Waals surface area contributed by atoms with Gasteiger partial charge < -0.3 is 5.32 Å². The Morgan fingerprint density at radius 2 is 1.73 bits per heavy atom. The van der Waals surface area contributed by atoms with Crippen LogP contribution in [0.5, 0.6) is 0 Å². The molecular formula is C20H12ClF2N3. The van der Waals surface area contributed by atoms with Gasteiger partial charge in [-0.2, -0.15) is 0 Å². The second-order valence-electron chi connectivity index (χ2n) is 5.69. The molecule has 4 aromatic rings. The van der Waals surface area contributed by atoms with Gasteiger partial charge in [-0.05, 0) is 42.0 Å². The molecule has 26 heavy (non-hydrogen) atoms. The van der Waals surface area contributed by atoms with E-state index in [1.54, 1.807) is 30.3 Å². The summed E-state index contributed by atoms with van der Waals surface area (Å²) >= 11 is 6.02. The highest BCUT2D eigenvalue weighted by Crippen LogP contribution is 2.30. The third-order valence-electron chi connectivity index (χ3n) is 3.99. The van der Waals surface area contributed by atoms with Crippen LogP contribution in [-0.2, 0) is 0 Å². The molecule has 128 valence electrons. The summed E-state index contributed by atoms with van der Waals surface area (Å²) in [6, 6.07) is 16.5. The molecule has 0 amide bonds. The van der Waals surface area contributed by atoms with Gasteiger partial charge in [0.05, 0.1) is 5.52 Å². The van der Waals surface area contributed by atoms with Crippen molar-refractivity contribution in [3.05, 3.63) is 83.6 Å². The molecule has 1 heterocycles. The summed E-state index contributed by atoms with van der Waals surface area (Å²) in [7, 11) is 0. The van der Waals surface area contributed by atoms with Crippen molar-refractivity contribution in [2.24, 2.45) is 0 Å². The Morgan fingerprint density at radius 3 is 2.58 bits per heavy atom. The van der Waals surface area contributed by atoms with Crippen LogP contribution in [0.3, 0.4) is 0 Å². The number of halogens is 3. The normalized spacial score (nSPS) is 10.9. The summed E-state index contributed by atoms with van der Waals surface area (Å²) in [5.41, 5.74) is 2.17. The Morgan fingerprint density at radius 1 is 0.885 bits per heavy atom. The van der Waals surface area contributed by atoms with E-state index in [-0.39, 0.29) is 5.56 Å². The first-order valence-electron chi connectivity index (χ1n) is 7.83. The number of aromatic nitrogens is 2. The lowest BCUT2D eigenvalue weighted by Crippen LogP contribution is -1.96. The van der Waals surface area contributed by atoms with Gasteiger partial charge in [0, 0.05) is 21.7 Å². The molecule has 0 atom stereocenters. The van der Waals surface area contributed by atoms with Gasteiger partial charge in [-0.15, -0.1) is 0 Å². The molecule has 0 spiro atoms. The molecule has 3 aromatic carbocycles. The zero-order chi connectivity index (χ0) is 18.1. The first kappa shape index (κ1) is 16.4. The molecule has 1 aromatic heterocycles. The lowest BCUT2D eigenvalue weighted by atomic mass is 10.0. The Balaban J connectivity index is 1.83. The average Bonchev–Trinajstić information content (AvgIpc) is 2.64. The van der Waals surface area contributed by atoms with Crippen LogP contribution in [-0.4, -0.2) is 9.97 Å². The Kier molecular flexibility index (Phi) is 4.22. The molecule has 3 nitrogen and oxygen atoms in total. The fourth-order valence-electron chi connectivity index (χ4n) is 2.75. The van der Waals surface area contributed by atoms with Gasteiger partial charge in [0.2, 0.25) is 0 Å².